The molecule has 0 radical (unpaired) electrons. The van der Waals surface area contributed by atoms with Gasteiger partial charge in [0.1, 0.15) is 5.82 Å². The Hall–Kier alpha value is -1.91. The topological polar surface area (TPSA) is 69.6 Å². The summed E-state index contributed by atoms with van der Waals surface area (Å²) < 4.78 is 1.84. The molecule has 1 aliphatic rings. The maximum atomic E-state index is 5.71. The van der Waals surface area contributed by atoms with Crippen molar-refractivity contribution in [1.29, 1.82) is 0 Å². The van der Waals surface area contributed by atoms with Crippen molar-refractivity contribution in [2.45, 2.75) is 31.6 Å². The lowest BCUT2D eigenvalue weighted by Crippen LogP contribution is -1.97. The number of aryl methyl sites for hydroxylation is 1. The van der Waals surface area contributed by atoms with Gasteiger partial charge in [-0.05, 0) is 25.0 Å². The van der Waals surface area contributed by atoms with Gasteiger partial charge >= 0.3 is 0 Å². The third-order valence-corrected chi connectivity index (χ3v) is 3.54. The van der Waals surface area contributed by atoms with Crippen LogP contribution in [0, 0.1) is 0 Å². The SMILES string of the molecule is Cn1nc(C2CCCC2)nc1-c1ccnc(N)c1. The molecule has 0 amide bonds. The van der Waals surface area contributed by atoms with Gasteiger partial charge in [-0.3, -0.25) is 0 Å². The van der Waals surface area contributed by atoms with Crippen LogP contribution in [0.2, 0.25) is 0 Å². The lowest BCUT2D eigenvalue weighted by molar-refractivity contribution is 0.648. The van der Waals surface area contributed by atoms with Crippen molar-refractivity contribution in [2.75, 3.05) is 5.73 Å². The molecule has 2 aromatic heterocycles. The molecular weight excluding hydrogens is 226 g/mol. The summed E-state index contributed by atoms with van der Waals surface area (Å²) in [7, 11) is 1.93. The van der Waals surface area contributed by atoms with Crippen molar-refractivity contribution in [2.24, 2.45) is 7.05 Å². The molecule has 1 fully saturated rings. The number of nitrogen functional groups attached to an aromatic ring is 1. The minimum absolute atomic E-state index is 0.512. The monoisotopic (exact) mass is 243 g/mol. The van der Waals surface area contributed by atoms with E-state index in [2.05, 4.69) is 15.1 Å². The molecule has 5 nitrogen and oxygen atoms in total. The molecule has 2 N–H and O–H groups in total. The van der Waals surface area contributed by atoms with Crippen LogP contribution in [0.3, 0.4) is 0 Å². The number of hydrogen-bond acceptors (Lipinski definition) is 4. The van der Waals surface area contributed by atoms with E-state index in [-0.39, 0.29) is 0 Å². The summed E-state index contributed by atoms with van der Waals surface area (Å²) in [6, 6.07) is 3.75. The molecule has 1 saturated carbocycles. The molecule has 5 heteroatoms. The van der Waals surface area contributed by atoms with Crippen LogP contribution >= 0.6 is 0 Å². The van der Waals surface area contributed by atoms with Crippen LogP contribution in [0.25, 0.3) is 11.4 Å². The Morgan fingerprint density at radius 1 is 1.33 bits per heavy atom. The lowest BCUT2D eigenvalue weighted by Gasteiger charge is -2.01. The summed E-state index contributed by atoms with van der Waals surface area (Å²) in [6.07, 6.45) is 6.71. The Kier molecular flexibility index (Phi) is 2.74. The smallest absolute Gasteiger partial charge is 0.158 e. The van der Waals surface area contributed by atoms with Crippen LogP contribution in [-0.4, -0.2) is 19.7 Å². The van der Waals surface area contributed by atoms with Gasteiger partial charge in [-0.25, -0.2) is 14.6 Å². The van der Waals surface area contributed by atoms with E-state index in [4.69, 9.17) is 5.73 Å². The van der Waals surface area contributed by atoms with E-state index in [1.807, 2.05) is 23.9 Å². The summed E-state index contributed by atoms with van der Waals surface area (Å²) in [5, 5.41) is 4.54. The minimum atomic E-state index is 0.512. The number of anilines is 1. The average molecular weight is 243 g/mol. The second-order valence-electron chi connectivity index (χ2n) is 4.87. The normalized spacial score (nSPS) is 16.3. The Bertz CT molecular complexity index is 554. The predicted molar refractivity (Wildman–Crippen MR) is 69.9 cm³/mol. The second-order valence-corrected chi connectivity index (χ2v) is 4.87. The van der Waals surface area contributed by atoms with Crippen LogP contribution in [0.15, 0.2) is 18.3 Å². The van der Waals surface area contributed by atoms with Gasteiger partial charge in [0.2, 0.25) is 0 Å². The van der Waals surface area contributed by atoms with Crippen molar-refractivity contribution < 1.29 is 0 Å². The van der Waals surface area contributed by atoms with E-state index < -0.39 is 0 Å². The largest absolute Gasteiger partial charge is 0.384 e. The van der Waals surface area contributed by atoms with Crippen molar-refractivity contribution >= 4 is 5.82 Å². The number of pyridine rings is 1. The van der Waals surface area contributed by atoms with E-state index in [1.165, 1.54) is 25.7 Å². The van der Waals surface area contributed by atoms with Crippen LogP contribution in [0.1, 0.15) is 37.4 Å². The fourth-order valence-corrected chi connectivity index (χ4v) is 2.60. The summed E-state index contributed by atoms with van der Waals surface area (Å²) in [5.41, 5.74) is 6.68. The van der Waals surface area contributed by atoms with Crippen LogP contribution in [0.4, 0.5) is 5.82 Å². The van der Waals surface area contributed by atoms with E-state index in [0.29, 0.717) is 11.7 Å². The molecule has 0 unspecified atom stereocenters. The molecule has 2 heterocycles. The van der Waals surface area contributed by atoms with Crippen LogP contribution < -0.4 is 5.73 Å². The van der Waals surface area contributed by atoms with E-state index in [1.54, 1.807) is 6.20 Å². The highest BCUT2D eigenvalue weighted by Crippen LogP contribution is 2.33. The number of hydrogen-bond donors (Lipinski definition) is 1. The van der Waals surface area contributed by atoms with Gasteiger partial charge in [0.15, 0.2) is 11.6 Å². The molecule has 0 aliphatic heterocycles. The second kappa shape index (κ2) is 4.40. The standard InChI is InChI=1S/C13H17N5/c1-18-13(10-6-7-15-11(14)8-10)16-12(17-18)9-4-2-3-5-9/h6-9H,2-5H2,1H3,(H2,14,15). The Labute approximate surface area is 106 Å². The highest BCUT2D eigenvalue weighted by atomic mass is 15.3. The van der Waals surface area contributed by atoms with Crippen molar-refractivity contribution in [3.05, 3.63) is 24.2 Å². The maximum absolute atomic E-state index is 5.71. The molecule has 18 heavy (non-hydrogen) atoms. The summed E-state index contributed by atoms with van der Waals surface area (Å²) in [6.45, 7) is 0. The van der Waals surface area contributed by atoms with Crippen molar-refractivity contribution in [3.63, 3.8) is 0 Å². The van der Waals surface area contributed by atoms with Crippen molar-refractivity contribution in [3.8, 4) is 11.4 Å². The zero-order chi connectivity index (χ0) is 12.5. The molecule has 0 saturated heterocycles. The van der Waals surface area contributed by atoms with E-state index in [9.17, 15) is 0 Å². The molecular formula is C13H17N5. The van der Waals surface area contributed by atoms with Crippen molar-refractivity contribution in [1.82, 2.24) is 19.7 Å². The third kappa shape index (κ3) is 1.96. The van der Waals surface area contributed by atoms with Gasteiger partial charge < -0.3 is 5.73 Å². The Morgan fingerprint density at radius 2 is 2.11 bits per heavy atom. The number of nitrogens with zero attached hydrogens (tertiary/aromatic N) is 4. The first-order valence-electron chi connectivity index (χ1n) is 6.37. The van der Waals surface area contributed by atoms with Gasteiger partial charge in [-0.15, -0.1) is 0 Å². The first-order chi connectivity index (χ1) is 8.74. The molecule has 1 aliphatic carbocycles. The Morgan fingerprint density at radius 3 is 2.83 bits per heavy atom. The first-order valence-corrected chi connectivity index (χ1v) is 6.37. The summed E-state index contributed by atoms with van der Waals surface area (Å²) in [5.74, 6) is 2.88. The molecule has 0 spiro atoms. The van der Waals surface area contributed by atoms with Crippen LogP contribution in [-0.2, 0) is 7.05 Å². The van der Waals surface area contributed by atoms with E-state index >= 15 is 0 Å². The first kappa shape index (κ1) is 11.2. The quantitative estimate of drug-likeness (QED) is 0.877. The zero-order valence-electron chi connectivity index (χ0n) is 10.5. The molecule has 0 aromatic carbocycles. The third-order valence-electron chi connectivity index (χ3n) is 3.54. The van der Waals surface area contributed by atoms with Gasteiger partial charge in [-0.2, -0.15) is 5.10 Å². The van der Waals surface area contributed by atoms with E-state index in [0.717, 1.165) is 17.2 Å². The molecule has 3 rings (SSSR count). The predicted octanol–water partition coefficient (Wildman–Crippen LogP) is 2.12. The van der Waals surface area contributed by atoms with Gasteiger partial charge in [0.25, 0.3) is 0 Å². The highest BCUT2D eigenvalue weighted by molar-refractivity contribution is 5.58. The van der Waals surface area contributed by atoms with Crippen LogP contribution in [0.5, 0.6) is 0 Å². The highest BCUT2D eigenvalue weighted by Gasteiger charge is 2.22. The average Bonchev–Trinajstić information content (AvgIpc) is 2.97. The Balaban J connectivity index is 1.97. The zero-order valence-corrected chi connectivity index (χ0v) is 10.5. The summed E-state index contributed by atoms with van der Waals surface area (Å²) >= 11 is 0. The fourth-order valence-electron chi connectivity index (χ4n) is 2.60. The molecule has 2 aromatic rings. The van der Waals surface area contributed by atoms with Gasteiger partial charge in [-0.1, -0.05) is 12.8 Å². The molecule has 0 atom stereocenters. The number of rotatable bonds is 2. The number of aromatic nitrogens is 4. The fraction of sp³-hybridized carbons (Fsp3) is 0.462. The maximum Gasteiger partial charge on any atom is 0.158 e. The number of nitrogens with two attached hydrogens (primary N) is 1. The van der Waals surface area contributed by atoms with Gasteiger partial charge in [0.05, 0.1) is 0 Å². The minimum Gasteiger partial charge on any atom is -0.384 e. The molecule has 0 bridgehead atoms. The lowest BCUT2D eigenvalue weighted by atomic mass is 10.1. The summed E-state index contributed by atoms with van der Waals surface area (Å²) in [4.78, 5) is 8.67. The van der Waals surface area contributed by atoms with Gasteiger partial charge in [0, 0.05) is 24.7 Å². The molecule has 94 valence electrons.